The van der Waals surface area contributed by atoms with Gasteiger partial charge in [0, 0.05) is 23.3 Å². The van der Waals surface area contributed by atoms with Crippen LogP contribution in [0, 0.1) is 5.92 Å². The van der Waals surface area contributed by atoms with Crippen LogP contribution in [0.3, 0.4) is 0 Å². The zero-order valence-corrected chi connectivity index (χ0v) is 19.1. The van der Waals surface area contributed by atoms with Gasteiger partial charge in [0.15, 0.2) is 0 Å². The van der Waals surface area contributed by atoms with Gasteiger partial charge in [-0.25, -0.2) is 9.67 Å². The molecule has 3 aromatic heterocycles. The minimum atomic E-state index is -0.214. The number of halogens is 1. The molecule has 0 unspecified atom stereocenters. The highest BCUT2D eigenvalue weighted by Gasteiger charge is 2.44. The number of fused-ring (bicyclic) bond motifs is 1. The predicted molar refractivity (Wildman–Crippen MR) is 125 cm³/mol. The van der Waals surface area contributed by atoms with Crippen molar-refractivity contribution in [3.8, 4) is 0 Å². The van der Waals surface area contributed by atoms with Gasteiger partial charge >= 0.3 is 0 Å². The van der Waals surface area contributed by atoms with Gasteiger partial charge in [-0.2, -0.15) is 0 Å². The lowest BCUT2D eigenvalue weighted by atomic mass is 10.1. The van der Waals surface area contributed by atoms with Gasteiger partial charge in [0.25, 0.3) is 0 Å². The van der Waals surface area contributed by atoms with Crippen LogP contribution in [-0.4, -0.2) is 30.3 Å². The second kappa shape index (κ2) is 7.99. The van der Waals surface area contributed by atoms with Gasteiger partial charge in [-0.05, 0) is 67.3 Å². The molecule has 2 fully saturated rings. The lowest BCUT2D eigenvalue weighted by Crippen LogP contribution is -2.28. The highest BCUT2D eigenvalue weighted by atomic mass is 35.5. The van der Waals surface area contributed by atoms with Crippen molar-refractivity contribution in [3.05, 3.63) is 82.5 Å². The average Bonchev–Trinajstić information content (AvgIpc) is 3.71. The molecule has 0 saturated heterocycles. The Balaban J connectivity index is 1.08. The van der Waals surface area contributed by atoms with Crippen LogP contribution in [-0.2, 0) is 11.3 Å². The Morgan fingerprint density at radius 1 is 1.18 bits per heavy atom. The van der Waals surface area contributed by atoms with Gasteiger partial charge in [-0.1, -0.05) is 35.0 Å². The van der Waals surface area contributed by atoms with E-state index in [2.05, 4.69) is 44.6 Å². The molecule has 1 aromatic carbocycles. The normalized spacial score (nSPS) is 20.7. The number of carbonyl (C=O) groups excluding carboxylic acids is 1. The summed E-state index contributed by atoms with van der Waals surface area (Å²) in [6.45, 7) is 2.47. The van der Waals surface area contributed by atoms with E-state index in [0.29, 0.717) is 17.5 Å². The Bertz CT molecular complexity index is 1340. The molecule has 4 aromatic rings. The van der Waals surface area contributed by atoms with Gasteiger partial charge in [-0.15, -0.1) is 5.10 Å². The molecule has 33 heavy (non-hydrogen) atoms. The molecule has 168 valence electrons. The third-order valence-electron chi connectivity index (χ3n) is 6.66. The minimum Gasteiger partial charge on any atom is -0.348 e. The van der Waals surface area contributed by atoms with Crippen LogP contribution in [0.4, 0.5) is 0 Å². The Morgan fingerprint density at radius 2 is 2.06 bits per heavy atom. The number of pyridine rings is 1. The fourth-order valence-electron chi connectivity index (χ4n) is 4.54. The summed E-state index contributed by atoms with van der Waals surface area (Å²) in [7, 11) is 0. The number of imidazole rings is 1. The highest BCUT2D eigenvalue weighted by molar-refractivity contribution is 6.30. The van der Waals surface area contributed by atoms with E-state index in [9.17, 15) is 4.79 Å². The second-order valence-corrected chi connectivity index (χ2v) is 9.75. The predicted octanol–water partition coefficient (Wildman–Crippen LogP) is 4.49. The number of rotatable bonds is 7. The number of nitrogens with zero attached hydrogens (tertiary/aromatic N) is 5. The van der Waals surface area contributed by atoms with Gasteiger partial charge < -0.3 is 9.72 Å². The van der Waals surface area contributed by atoms with Gasteiger partial charge in [0.2, 0.25) is 5.91 Å². The summed E-state index contributed by atoms with van der Waals surface area (Å²) in [5.74, 6) is 0.988. The van der Waals surface area contributed by atoms with Crippen LogP contribution in [0.25, 0.3) is 5.65 Å². The number of nitrogens with one attached hydrogen (secondary N) is 1. The molecule has 7 nitrogen and oxygen atoms in total. The molecular weight excluding hydrogens is 436 g/mol. The standard InChI is InChI=1S/C25H25ClN6O/c1-15(27-25(33)22-10-21(22)17-3-2-4-19(26)9-17)23-14-32(30-29-23)13-20-12-31-11-18(16-5-6-16)7-8-24(31)28-20/h2-4,7-9,11-12,14-16,21-22H,5-6,10,13H2,1H3,(H,27,33)/t15-,21-,22+/m1/s1. The SMILES string of the molecule is C[C@@H](NC(=O)[C@H]1C[C@@H]1c1cccc(Cl)c1)c1cn(Cc2cn3cc(C4CC4)ccc3n2)nn1. The lowest BCUT2D eigenvalue weighted by Gasteiger charge is -2.11. The molecule has 8 heteroatoms. The van der Waals surface area contributed by atoms with Crippen molar-refractivity contribution in [1.29, 1.82) is 0 Å². The molecule has 2 saturated carbocycles. The molecule has 6 rings (SSSR count). The second-order valence-electron chi connectivity index (χ2n) is 9.31. The number of hydrogen-bond acceptors (Lipinski definition) is 4. The summed E-state index contributed by atoms with van der Waals surface area (Å²) in [6, 6.07) is 11.8. The largest absolute Gasteiger partial charge is 0.348 e. The number of benzene rings is 1. The molecule has 3 atom stereocenters. The molecule has 0 radical (unpaired) electrons. The maximum atomic E-state index is 12.7. The van der Waals surface area contributed by atoms with Crippen molar-refractivity contribution < 1.29 is 4.79 Å². The summed E-state index contributed by atoms with van der Waals surface area (Å²) in [4.78, 5) is 17.4. The molecule has 3 heterocycles. The molecule has 2 aliphatic rings. The smallest absolute Gasteiger partial charge is 0.224 e. The Morgan fingerprint density at radius 3 is 2.88 bits per heavy atom. The maximum Gasteiger partial charge on any atom is 0.224 e. The van der Waals surface area contributed by atoms with E-state index in [1.54, 1.807) is 4.68 Å². The van der Waals surface area contributed by atoms with E-state index in [4.69, 9.17) is 16.6 Å². The van der Waals surface area contributed by atoms with E-state index in [1.807, 2.05) is 37.4 Å². The van der Waals surface area contributed by atoms with Crippen LogP contribution in [0.1, 0.15) is 66.6 Å². The number of carbonyl (C=O) groups is 1. The minimum absolute atomic E-state index is 0.0144. The van der Waals surface area contributed by atoms with E-state index in [-0.39, 0.29) is 23.8 Å². The van der Waals surface area contributed by atoms with Gasteiger partial charge in [-0.3, -0.25) is 4.79 Å². The Kier molecular flexibility index (Phi) is 4.94. The molecule has 1 N–H and O–H groups in total. The quantitative estimate of drug-likeness (QED) is 0.441. The van der Waals surface area contributed by atoms with Gasteiger partial charge in [0.05, 0.1) is 24.5 Å². The first kappa shape index (κ1) is 20.4. The maximum absolute atomic E-state index is 12.7. The van der Waals surface area contributed by atoms with Crippen molar-refractivity contribution in [2.75, 3.05) is 0 Å². The summed E-state index contributed by atoms with van der Waals surface area (Å²) < 4.78 is 3.86. The molecule has 0 bridgehead atoms. The van der Waals surface area contributed by atoms with Crippen LogP contribution in [0.2, 0.25) is 5.02 Å². The first-order valence-electron chi connectivity index (χ1n) is 11.5. The van der Waals surface area contributed by atoms with Crippen molar-refractivity contribution in [1.82, 2.24) is 29.7 Å². The summed E-state index contributed by atoms with van der Waals surface area (Å²) in [6.07, 6.45) is 9.53. The third-order valence-corrected chi connectivity index (χ3v) is 6.89. The van der Waals surface area contributed by atoms with Crippen molar-refractivity contribution in [2.24, 2.45) is 5.92 Å². The van der Waals surface area contributed by atoms with Crippen LogP contribution in [0.5, 0.6) is 0 Å². The average molecular weight is 461 g/mol. The number of amides is 1. The summed E-state index contributed by atoms with van der Waals surface area (Å²) >= 11 is 6.09. The fourth-order valence-corrected chi connectivity index (χ4v) is 4.73. The van der Waals surface area contributed by atoms with Crippen LogP contribution < -0.4 is 5.32 Å². The van der Waals surface area contributed by atoms with Gasteiger partial charge in [0.1, 0.15) is 11.3 Å². The highest BCUT2D eigenvalue weighted by Crippen LogP contribution is 2.48. The third kappa shape index (κ3) is 4.25. The topological polar surface area (TPSA) is 77.1 Å². The Hall–Kier alpha value is -3.19. The molecule has 2 aliphatic carbocycles. The van der Waals surface area contributed by atoms with Crippen molar-refractivity contribution in [2.45, 2.75) is 50.6 Å². The number of hydrogen-bond donors (Lipinski definition) is 1. The molecule has 1 amide bonds. The number of aromatic nitrogens is 5. The van der Waals surface area contributed by atoms with E-state index in [1.165, 1.54) is 18.4 Å². The van der Waals surface area contributed by atoms with E-state index >= 15 is 0 Å². The zero-order chi connectivity index (χ0) is 22.5. The first-order valence-corrected chi connectivity index (χ1v) is 11.8. The summed E-state index contributed by atoms with van der Waals surface area (Å²) in [5, 5.41) is 12.3. The zero-order valence-electron chi connectivity index (χ0n) is 18.4. The van der Waals surface area contributed by atoms with E-state index < -0.39 is 0 Å². The van der Waals surface area contributed by atoms with Crippen LogP contribution >= 0.6 is 11.6 Å². The molecule has 0 aliphatic heterocycles. The molecule has 0 spiro atoms. The Labute approximate surface area is 196 Å². The van der Waals surface area contributed by atoms with Crippen molar-refractivity contribution in [3.63, 3.8) is 0 Å². The van der Waals surface area contributed by atoms with E-state index in [0.717, 1.165) is 29.0 Å². The monoisotopic (exact) mass is 460 g/mol. The van der Waals surface area contributed by atoms with Crippen molar-refractivity contribution >= 4 is 23.2 Å². The lowest BCUT2D eigenvalue weighted by molar-refractivity contribution is -0.123. The summed E-state index contributed by atoms with van der Waals surface area (Å²) in [5.41, 5.74) is 5.11. The first-order chi connectivity index (χ1) is 16.0. The fraction of sp³-hybridized carbons (Fsp3) is 0.360. The molecular formula is C25H25ClN6O. The van der Waals surface area contributed by atoms with Crippen LogP contribution in [0.15, 0.2) is 55.0 Å².